The minimum absolute atomic E-state index is 0.308. The van der Waals surface area contributed by atoms with Gasteiger partial charge in [0, 0.05) is 16.6 Å². The van der Waals surface area contributed by atoms with Crippen molar-refractivity contribution in [3.63, 3.8) is 0 Å². The van der Waals surface area contributed by atoms with Crippen LogP contribution < -0.4 is 10.0 Å². The molecule has 1 aromatic rings. The first kappa shape index (κ1) is 20.8. The van der Waals surface area contributed by atoms with Crippen molar-refractivity contribution in [3.05, 3.63) is 23.8 Å². The first-order chi connectivity index (χ1) is 10.7. The van der Waals surface area contributed by atoms with Gasteiger partial charge >= 0.3 is 5.97 Å². The molecule has 22 heavy (non-hydrogen) atoms. The molecule has 1 rings (SSSR count). The minimum atomic E-state index is -0.308. The Hall–Kier alpha value is -1.20. The van der Waals surface area contributed by atoms with Crippen molar-refractivity contribution in [2.24, 2.45) is 0 Å². The summed E-state index contributed by atoms with van der Waals surface area (Å²) < 4.78 is 7.88. The van der Waals surface area contributed by atoms with Crippen LogP contribution in [0.3, 0.4) is 0 Å². The summed E-state index contributed by atoms with van der Waals surface area (Å²) in [6, 6.07) is 6.18. The van der Waals surface area contributed by atoms with Crippen LogP contribution >= 0.6 is 11.9 Å². The number of hydrogen-bond donors (Lipinski definition) is 2. The first-order valence-electron chi connectivity index (χ1n) is 7.98. The summed E-state index contributed by atoms with van der Waals surface area (Å²) in [6.07, 6.45) is 3.23. The van der Waals surface area contributed by atoms with E-state index in [1.807, 2.05) is 39.1 Å². The van der Waals surface area contributed by atoms with E-state index in [-0.39, 0.29) is 5.97 Å². The molecule has 126 valence electrons. The molecular weight excluding hydrogens is 296 g/mol. The zero-order valence-corrected chi connectivity index (χ0v) is 15.5. The molecule has 2 N–H and O–H groups in total. The summed E-state index contributed by atoms with van der Waals surface area (Å²) in [5, 5.41) is 3.45. The van der Waals surface area contributed by atoms with E-state index in [0.717, 1.165) is 29.8 Å². The van der Waals surface area contributed by atoms with Crippen molar-refractivity contribution in [2.45, 2.75) is 57.9 Å². The molecule has 0 aliphatic carbocycles. The normalized spacial score (nSPS) is 11.2. The van der Waals surface area contributed by atoms with Gasteiger partial charge in [-0.05, 0) is 50.0 Å². The Morgan fingerprint density at radius 2 is 2.00 bits per heavy atom. The van der Waals surface area contributed by atoms with Gasteiger partial charge in [-0.3, -0.25) is 4.72 Å². The van der Waals surface area contributed by atoms with E-state index in [9.17, 15) is 4.79 Å². The highest BCUT2D eigenvalue weighted by Gasteiger charge is 2.15. The summed E-state index contributed by atoms with van der Waals surface area (Å²) in [5.74, 6) is -0.308. The van der Waals surface area contributed by atoms with Gasteiger partial charge < -0.3 is 10.1 Å². The second-order valence-corrected chi connectivity index (χ2v) is 5.63. The zero-order valence-electron chi connectivity index (χ0n) is 14.7. The Bertz CT molecular complexity index is 439. The van der Waals surface area contributed by atoms with Gasteiger partial charge in [0.15, 0.2) is 0 Å². The molecule has 0 saturated heterocycles. The third kappa shape index (κ3) is 6.71. The lowest BCUT2D eigenvalue weighted by Gasteiger charge is -2.19. The number of ether oxygens (including phenoxy) is 1. The topological polar surface area (TPSA) is 50.4 Å². The minimum Gasteiger partial charge on any atom is -0.465 e. The highest BCUT2D eigenvalue weighted by Crippen LogP contribution is 2.25. The van der Waals surface area contributed by atoms with Crippen LogP contribution in [0.4, 0.5) is 5.69 Å². The number of hydrogen-bond acceptors (Lipinski definition) is 5. The van der Waals surface area contributed by atoms with E-state index in [1.54, 1.807) is 0 Å². The number of esters is 1. The van der Waals surface area contributed by atoms with Gasteiger partial charge in [-0.25, -0.2) is 4.79 Å². The van der Waals surface area contributed by atoms with E-state index in [0.29, 0.717) is 11.6 Å². The van der Waals surface area contributed by atoms with Crippen LogP contribution in [0.2, 0.25) is 0 Å². The predicted molar refractivity (Wildman–Crippen MR) is 96.7 cm³/mol. The summed E-state index contributed by atoms with van der Waals surface area (Å²) in [4.78, 5) is 12.9. The molecule has 0 radical (unpaired) electrons. The van der Waals surface area contributed by atoms with Crippen LogP contribution in [0, 0.1) is 0 Å². The van der Waals surface area contributed by atoms with Crippen LogP contribution in [-0.4, -0.2) is 26.2 Å². The van der Waals surface area contributed by atoms with Crippen molar-refractivity contribution < 1.29 is 9.53 Å². The number of rotatable bonds is 8. The largest absolute Gasteiger partial charge is 0.465 e. The highest BCUT2D eigenvalue weighted by molar-refractivity contribution is 7.97. The van der Waals surface area contributed by atoms with E-state index < -0.39 is 0 Å². The smallest absolute Gasteiger partial charge is 0.340 e. The number of carbonyl (C=O) groups is 1. The molecule has 0 aromatic heterocycles. The van der Waals surface area contributed by atoms with Crippen molar-refractivity contribution in [1.29, 1.82) is 0 Å². The summed E-state index contributed by atoms with van der Waals surface area (Å²) >= 11 is 1.48. The lowest BCUT2D eigenvalue weighted by atomic mass is 10.1. The third-order valence-corrected chi connectivity index (χ3v) is 3.80. The molecule has 0 aliphatic heterocycles. The average Bonchev–Trinajstić information content (AvgIpc) is 2.57. The van der Waals surface area contributed by atoms with Crippen LogP contribution in [-0.2, 0) is 4.74 Å². The molecule has 0 bridgehead atoms. The molecule has 0 fully saturated rings. The number of carbonyl (C=O) groups excluding carboxylic acids is 1. The van der Waals surface area contributed by atoms with Gasteiger partial charge in [0.25, 0.3) is 0 Å². The van der Waals surface area contributed by atoms with Crippen LogP contribution in [0.25, 0.3) is 0 Å². The maximum atomic E-state index is 11.9. The molecule has 0 heterocycles. The van der Waals surface area contributed by atoms with Crippen molar-refractivity contribution in [2.75, 3.05) is 19.5 Å². The Kier molecular flexibility index (Phi) is 11.7. The van der Waals surface area contributed by atoms with Gasteiger partial charge in [-0.15, -0.1) is 0 Å². The van der Waals surface area contributed by atoms with Crippen molar-refractivity contribution in [1.82, 2.24) is 4.72 Å². The fraction of sp³-hybridized carbons (Fsp3) is 0.588. The first-order valence-corrected chi connectivity index (χ1v) is 8.80. The molecule has 1 unspecified atom stereocenters. The molecule has 0 aliphatic rings. The second-order valence-electron chi connectivity index (χ2n) is 4.54. The molecule has 1 atom stereocenters. The predicted octanol–water partition coefficient (Wildman–Crippen LogP) is 4.72. The maximum Gasteiger partial charge on any atom is 0.340 e. The quantitative estimate of drug-likeness (QED) is 0.535. The highest BCUT2D eigenvalue weighted by atomic mass is 32.2. The number of nitrogens with one attached hydrogen (secondary N) is 2. The van der Waals surface area contributed by atoms with Crippen LogP contribution in [0.5, 0.6) is 0 Å². The van der Waals surface area contributed by atoms with Gasteiger partial charge in [0.2, 0.25) is 0 Å². The Morgan fingerprint density at radius 1 is 1.32 bits per heavy atom. The van der Waals surface area contributed by atoms with Gasteiger partial charge in [0.05, 0.1) is 12.7 Å². The monoisotopic (exact) mass is 326 g/mol. The van der Waals surface area contributed by atoms with Crippen molar-refractivity contribution in [3.8, 4) is 0 Å². The Morgan fingerprint density at radius 3 is 2.50 bits per heavy atom. The fourth-order valence-electron chi connectivity index (χ4n) is 2.06. The summed E-state index contributed by atoms with van der Waals surface area (Å²) in [7, 11) is 3.26. The molecule has 1 aromatic carbocycles. The summed E-state index contributed by atoms with van der Waals surface area (Å²) in [6.45, 7) is 8.31. The van der Waals surface area contributed by atoms with Gasteiger partial charge in [0.1, 0.15) is 0 Å². The van der Waals surface area contributed by atoms with Gasteiger partial charge in [-0.2, -0.15) is 0 Å². The standard InChI is InChI=1S/C15H24N2O2S.C2H6/c1-5-7-11(6-2)17-14-9-8-12(20-16-3)10-13(14)15(18)19-4;1-2/h8-11,16-17H,5-7H2,1-4H3;1-2H3. The van der Waals surface area contributed by atoms with Gasteiger partial charge in [-0.1, -0.05) is 34.1 Å². The molecule has 0 amide bonds. The lowest BCUT2D eigenvalue weighted by molar-refractivity contribution is 0.0601. The van der Waals surface area contributed by atoms with E-state index in [4.69, 9.17) is 4.74 Å². The second kappa shape index (κ2) is 12.4. The molecular formula is C17H30N2O2S. The van der Waals surface area contributed by atoms with E-state index in [1.165, 1.54) is 19.1 Å². The van der Waals surface area contributed by atoms with E-state index in [2.05, 4.69) is 23.9 Å². The number of methoxy groups -OCH3 is 1. The Labute approximate surface area is 139 Å². The molecule has 5 heteroatoms. The van der Waals surface area contributed by atoms with Crippen LogP contribution in [0.15, 0.2) is 23.1 Å². The van der Waals surface area contributed by atoms with E-state index >= 15 is 0 Å². The lowest BCUT2D eigenvalue weighted by Crippen LogP contribution is -2.20. The molecule has 4 nitrogen and oxygen atoms in total. The molecule has 0 saturated carbocycles. The zero-order chi connectivity index (χ0) is 17.0. The third-order valence-electron chi connectivity index (χ3n) is 3.11. The number of benzene rings is 1. The average molecular weight is 327 g/mol. The SMILES string of the molecule is CC.CCCC(CC)Nc1ccc(SNC)cc1C(=O)OC. The van der Waals surface area contributed by atoms with Crippen molar-refractivity contribution >= 4 is 23.6 Å². The van der Waals surface area contributed by atoms with Crippen LogP contribution in [0.1, 0.15) is 57.3 Å². The molecule has 0 spiro atoms. The maximum absolute atomic E-state index is 11.9. The summed E-state index contributed by atoms with van der Waals surface area (Å²) in [5.41, 5.74) is 1.43. The number of anilines is 1. The Balaban J connectivity index is 0.00000211. The fourth-order valence-corrected chi connectivity index (χ4v) is 2.60.